The number of aliphatic hydroxyl groups is 1. The Bertz CT molecular complexity index is 840. The highest BCUT2D eigenvalue weighted by Gasteiger charge is 2.33. The van der Waals surface area contributed by atoms with Crippen molar-refractivity contribution in [3.05, 3.63) is 59.7 Å². The van der Waals surface area contributed by atoms with Crippen LogP contribution in [-0.4, -0.2) is 44.6 Å². The van der Waals surface area contributed by atoms with Gasteiger partial charge in [0.15, 0.2) is 12.2 Å². The zero-order valence-corrected chi connectivity index (χ0v) is 19.8. The molecule has 1 aliphatic carbocycles. The Kier molecular flexibility index (Phi) is 9.22. The monoisotopic (exact) mass is 462 g/mol. The summed E-state index contributed by atoms with van der Waals surface area (Å²) >= 11 is 1.08. The maximum Gasteiger partial charge on any atom is 0.151 e. The lowest BCUT2D eigenvalue weighted by Gasteiger charge is -2.27. The standard InChI is InChI=1S/C24H34N2O5S/c1-18-9-21(18)15-30-23-11-20(10-22(12-23)26(2)32-31-28-3)14-29-17-24(25,16-27)13-19-7-5-4-6-8-19/h4-8,10-12,18,21,27H,9,13-17,25H2,1-3H3. The Balaban J connectivity index is 1.63. The Hall–Kier alpha value is -1.81. The van der Waals surface area contributed by atoms with Crippen molar-refractivity contribution in [3.63, 3.8) is 0 Å². The SMILES string of the molecule is COOSN(C)c1cc(COCC(N)(CO)Cc2ccccc2)cc(OCC2CC2C)c1. The average Bonchev–Trinajstić information content (AvgIpc) is 3.51. The third-order valence-corrected chi connectivity index (χ3v) is 6.27. The van der Waals surface area contributed by atoms with Gasteiger partial charge in [0, 0.05) is 13.1 Å². The molecule has 0 saturated heterocycles. The molecule has 8 heteroatoms. The van der Waals surface area contributed by atoms with E-state index in [9.17, 15) is 5.11 Å². The second-order valence-corrected chi connectivity index (χ2v) is 9.43. The molecule has 2 aromatic carbocycles. The smallest absolute Gasteiger partial charge is 0.151 e. The van der Waals surface area contributed by atoms with E-state index in [-0.39, 0.29) is 13.2 Å². The second kappa shape index (κ2) is 11.9. The Morgan fingerprint density at radius 3 is 2.59 bits per heavy atom. The van der Waals surface area contributed by atoms with Gasteiger partial charge in [-0.2, -0.15) is 0 Å². The highest BCUT2D eigenvalue weighted by atomic mass is 32.2. The van der Waals surface area contributed by atoms with E-state index in [0.717, 1.165) is 40.7 Å². The minimum Gasteiger partial charge on any atom is -0.493 e. The van der Waals surface area contributed by atoms with Crippen molar-refractivity contribution >= 4 is 17.9 Å². The van der Waals surface area contributed by atoms with Gasteiger partial charge in [-0.05, 0) is 47.9 Å². The molecule has 1 fully saturated rings. The molecule has 3 unspecified atom stereocenters. The molecule has 1 aliphatic rings. The van der Waals surface area contributed by atoms with Crippen LogP contribution in [0.4, 0.5) is 5.69 Å². The normalized spacial score (nSPS) is 19.4. The van der Waals surface area contributed by atoms with Crippen LogP contribution in [0.25, 0.3) is 0 Å². The number of benzene rings is 2. The summed E-state index contributed by atoms with van der Waals surface area (Å²) in [4.78, 5) is 4.68. The van der Waals surface area contributed by atoms with E-state index in [1.807, 2.05) is 59.9 Å². The molecule has 0 radical (unpaired) electrons. The van der Waals surface area contributed by atoms with Crippen molar-refractivity contribution in [2.45, 2.75) is 31.9 Å². The van der Waals surface area contributed by atoms with Gasteiger partial charge in [-0.25, -0.2) is 4.89 Å². The summed E-state index contributed by atoms with van der Waals surface area (Å²) < 4.78 is 18.8. The van der Waals surface area contributed by atoms with Crippen LogP contribution in [0.15, 0.2) is 48.5 Å². The molecule has 0 amide bonds. The molecule has 2 aromatic rings. The minimum atomic E-state index is -0.848. The largest absolute Gasteiger partial charge is 0.493 e. The van der Waals surface area contributed by atoms with Gasteiger partial charge in [-0.15, -0.1) is 4.33 Å². The van der Waals surface area contributed by atoms with Crippen LogP contribution in [0.1, 0.15) is 24.5 Å². The van der Waals surface area contributed by atoms with Crippen molar-refractivity contribution in [1.29, 1.82) is 0 Å². The summed E-state index contributed by atoms with van der Waals surface area (Å²) in [5, 5.41) is 9.88. The quantitative estimate of drug-likeness (QED) is 0.190. The van der Waals surface area contributed by atoms with Gasteiger partial charge >= 0.3 is 0 Å². The summed E-state index contributed by atoms with van der Waals surface area (Å²) in [6.07, 6.45) is 1.75. The molecular weight excluding hydrogens is 428 g/mol. The van der Waals surface area contributed by atoms with Crippen LogP contribution < -0.4 is 14.8 Å². The first kappa shape index (κ1) is 24.8. The third kappa shape index (κ3) is 7.65. The number of hydrogen-bond donors (Lipinski definition) is 2. The lowest BCUT2D eigenvalue weighted by molar-refractivity contribution is -0.160. The van der Waals surface area contributed by atoms with Gasteiger partial charge in [-0.1, -0.05) is 37.3 Å². The Morgan fingerprint density at radius 2 is 1.94 bits per heavy atom. The number of nitrogens with two attached hydrogens (primary N) is 1. The van der Waals surface area contributed by atoms with Crippen molar-refractivity contribution in [2.75, 3.05) is 38.3 Å². The highest BCUT2D eigenvalue weighted by molar-refractivity contribution is 7.95. The topological polar surface area (TPSA) is 86.4 Å². The van der Waals surface area contributed by atoms with Gasteiger partial charge in [-0.3, -0.25) is 4.31 Å². The molecule has 1 saturated carbocycles. The maximum atomic E-state index is 9.88. The molecule has 0 aromatic heterocycles. The first-order valence-electron chi connectivity index (χ1n) is 10.8. The van der Waals surface area contributed by atoms with Gasteiger partial charge in [0.25, 0.3) is 0 Å². The fourth-order valence-electron chi connectivity index (χ4n) is 3.47. The summed E-state index contributed by atoms with van der Waals surface area (Å²) in [7, 11) is 3.35. The number of aliphatic hydroxyl groups excluding tert-OH is 1. The maximum absolute atomic E-state index is 9.88. The first-order chi connectivity index (χ1) is 15.4. The number of nitrogens with zero attached hydrogens (tertiary/aromatic N) is 1. The Morgan fingerprint density at radius 1 is 1.19 bits per heavy atom. The first-order valence-corrected chi connectivity index (χ1v) is 11.5. The molecular formula is C24H34N2O5S. The molecule has 0 heterocycles. The van der Waals surface area contributed by atoms with Crippen LogP contribution in [0.2, 0.25) is 0 Å². The fraction of sp³-hybridized carbons (Fsp3) is 0.500. The molecule has 0 aliphatic heterocycles. The fourth-order valence-corrected chi connectivity index (χ4v) is 3.82. The number of anilines is 1. The molecule has 3 N–H and O–H groups in total. The highest BCUT2D eigenvalue weighted by Crippen LogP contribution is 2.38. The zero-order valence-electron chi connectivity index (χ0n) is 19.0. The van der Waals surface area contributed by atoms with Crippen LogP contribution >= 0.6 is 12.2 Å². The van der Waals surface area contributed by atoms with E-state index in [1.165, 1.54) is 13.5 Å². The Labute approximate surface area is 195 Å². The third-order valence-electron chi connectivity index (χ3n) is 5.64. The lowest BCUT2D eigenvalue weighted by Crippen LogP contribution is -2.50. The molecule has 3 atom stereocenters. The van der Waals surface area contributed by atoms with Crippen molar-refractivity contribution in [2.24, 2.45) is 17.6 Å². The minimum absolute atomic E-state index is 0.163. The van der Waals surface area contributed by atoms with E-state index < -0.39 is 5.54 Å². The lowest BCUT2D eigenvalue weighted by atomic mass is 9.93. The predicted octanol–water partition coefficient (Wildman–Crippen LogP) is 3.75. The molecule has 0 spiro atoms. The zero-order chi connectivity index (χ0) is 23.0. The molecule has 32 heavy (non-hydrogen) atoms. The van der Waals surface area contributed by atoms with Crippen LogP contribution in [0.3, 0.4) is 0 Å². The van der Waals surface area contributed by atoms with E-state index in [1.54, 1.807) is 0 Å². The van der Waals surface area contributed by atoms with E-state index in [2.05, 4.69) is 11.8 Å². The van der Waals surface area contributed by atoms with Gasteiger partial charge in [0.2, 0.25) is 0 Å². The second-order valence-electron chi connectivity index (χ2n) is 8.60. The van der Waals surface area contributed by atoms with Crippen molar-refractivity contribution in [3.8, 4) is 5.75 Å². The average molecular weight is 463 g/mol. The number of rotatable bonds is 14. The van der Waals surface area contributed by atoms with Crippen LogP contribution in [0, 0.1) is 11.8 Å². The van der Waals surface area contributed by atoms with Crippen molar-refractivity contribution < 1.29 is 23.8 Å². The number of hydrogen-bond acceptors (Lipinski definition) is 8. The molecule has 0 bridgehead atoms. The summed E-state index contributed by atoms with van der Waals surface area (Å²) in [6.45, 7) is 3.37. The van der Waals surface area contributed by atoms with E-state index >= 15 is 0 Å². The van der Waals surface area contributed by atoms with Crippen molar-refractivity contribution in [1.82, 2.24) is 0 Å². The summed E-state index contributed by atoms with van der Waals surface area (Å²) in [6, 6.07) is 15.9. The molecule has 3 rings (SSSR count). The van der Waals surface area contributed by atoms with E-state index in [4.69, 9.17) is 19.5 Å². The summed E-state index contributed by atoms with van der Waals surface area (Å²) in [5.41, 5.74) is 8.48. The molecule has 176 valence electrons. The van der Waals surface area contributed by atoms with Gasteiger partial charge < -0.3 is 20.3 Å². The van der Waals surface area contributed by atoms with Gasteiger partial charge in [0.05, 0.1) is 44.8 Å². The summed E-state index contributed by atoms with van der Waals surface area (Å²) in [5.74, 6) is 2.15. The number of ether oxygens (including phenoxy) is 2. The predicted molar refractivity (Wildman–Crippen MR) is 127 cm³/mol. The van der Waals surface area contributed by atoms with E-state index in [0.29, 0.717) is 25.6 Å². The van der Waals surface area contributed by atoms with Crippen LogP contribution in [0.5, 0.6) is 5.75 Å². The molecule has 7 nitrogen and oxygen atoms in total. The van der Waals surface area contributed by atoms with Gasteiger partial charge in [0.1, 0.15) is 5.75 Å². The van der Waals surface area contributed by atoms with Crippen LogP contribution in [-0.2, 0) is 27.0 Å².